The molecule has 4 rings (SSSR count). The molecule has 0 spiro atoms. The van der Waals surface area contributed by atoms with Crippen LogP contribution in [0, 0.1) is 6.92 Å². The van der Waals surface area contributed by atoms with Gasteiger partial charge in [-0.15, -0.1) is 0 Å². The van der Waals surface area contributed by atoms with Crippen LogP contribution in [0.4, 0.5) is 13.2 Å². The van der Waals surface area contributed by atoms with Crippen LogP contribution in [-0.2, 0) is 12.7 Å². The Kier molecular flexibility index (Phi) is 5.81. The summed E-state index contributed by atoms with van der Waals surface area (Å²) in [6.07, 6.45) is -4.44. The van der Waals surface area contributed by atoms with Gasteiger partial charge >= 0.3 is 6.18 Å². The molecule has 0 atom stereocenters. The Morgan fingerprint density at radius 1 is 1.00 bits per heavy atom. The minimum Gasteiger partial charge on any atom is -0.308 e. The summed E-state index contributed by atoms with van der Waals surface area (Å²) in [5.74, 6) is 0.307. The van der Waals surface area contributed by atoms with Crippen molar-refractivity contribution >= 4 is 22.6 Å². The molecule has 0 saturated heterocycles. The number of likely N-dealkylation sites (N-methyl/N-ethyl adjacent to an activating group) is 1. The van der Waals surface area contributed by atoms with Gasteiger partial charge in [0.05, 0.1) is 22.3 Å². The van der Waals surface area contributed by atoms with Gasteiger partial charge in [0.15, 0.2) is 0 Å². The van der Waals surface area contributed by atoms with Crippen molar-refractivity contribution in [1.29, 1.82) is 0 Å². The first kappa shape index (κ1) is 22.1. The van der Waals surface area contributed by atoms with Crippen molar-refractivity contribution in [2.45, 2.75) is 33.5 Å². The zero-order valence-electron chi connectivity index (χ0n) is 18.3. The number of imidazole rings is 2. The lowest BCUT2D eigenvalue weighted by Crippen LogP contribution is -2.27. The van der Waals surface area contributed by atoms with Crippen LogP contribution in [0.1, 0.15) is 41.2 Å². The molecule has 2 aromatic heterocycles. The number of fused-ring (bicyclic) bond motifs is 3. The maximum Gasteiger partial charge on any atom is 0.416 e. The van der Waals surface area contributed by atoms with Crippen LogP contribution >= 0.6 is 0 Å². The van der Waals surface area contributed by atoms with Gasteiger partial charge in [0.2, 0.25) is 11.6 Å². The topological polar surface area (TPSA) is 42.5 Å². The SMILES string of the molecule is CCN(CC)CCn1c2ccccc2n2c(C(=O)c3ccc(C(F)(F)F)cc3)c(C)nc12. The number of para-hydroxylation sites is 2. The molecule has 0 fully saturated rings. The van der Waals surface area contributed by atoms with Crippen LogP contribution in [0.15, 0.2) is 48.5 Å². The highest BCUT2D eigenvalue weighted by Crippen LogP contribution is 2.30. The van der Waals surface area contributed by atoms with E-state index in [1.807, 2.05) is 28.7 Å². The van der Waals surface area contributed by atoms with E-state index < -0.39 is 11.7 Å². The highest BCUT2D eigenvalue weighted by Gasteiger charge is 2.31. The molecular weight excluding hydrogens is 417 g/mol. The molecule has 0 aliphatic carbocycles. The summed E-state index contributed by atoms with van der Waals surface area (Å²) in [4.78, 5) is 20.4. The van der Waals surface area contributed by atoms with Crippen molar-refractivity contribution in [3.8, 4) is 0 Å². The summed E-state index contributed by atoms with van der Waals surface area (Å²) in [6.45, 7) is 9.43. The predicted molar refractivity (Wildman–Crippen MR) is 118 cm³/mol. The molecule has 0 amide bonds. The molecule has 0 N–H and O–H groups in total. The number of aromatic nitrogens is 3. The Labute approximate surface area is 184 Å². The van der Waals surface area contributed by atoms with E-state index in [9.17, 15) is 18.0 Å². The van der Waals surface area contributed by atoms with Crippen molar-refractivity contribution in [2.75, 3.05) is 19.6 Å². The fraction of sp³-hybridized carbons (Fsp3) is 0.333. The summed E-state index contributed by atoms with van der Waals surface area (Å²) in [7, 11) is 0. The molecule has 5 nitrogen and oxygen atoms in total. The summed E-state index contributed by atoms with van der Waals surface area (Å²) >= 11 is 0. The predicted octanol–water partition coefficient (Wildman–Crippen LogP) is 5.19. The fourth-order valence-electron chi connectivity index (χ4n) is 4.13. The van der Waals surface area contributed by atoms with Gasteiger partial charge in [-0.1, -0.05) is 38.1 Å². The zero-order chi connectivity index (χ0) is 23.0. The van der Waals surface area contributed by atoms with Crippen LogP contribution < -0.4 is 0 Å². The standard InChI is InChI=1S/C24H25F3N4O/c1-4-29(5-2)14-15-30-19-8-6-7-9-20(19)31-21(16(3)28-23(30)31)22(32)17-10-12-18(13-11-17)24(25,26)27/h6-13H,4-5,14-15H2,1-3H3. The molecule has 0 saturated carbocycles. The van der Waals surface area contributed by atoms with Crippen molar-refractivity contribution < 1.29 is 18.0 Å². The highest BCUT2D eigenvalue weighted by atomic mass is 19.4. The lowest BCUT2D eigenvalue weighted by atomic mass is 10.0. The summed E-state index contributed by atoms with van der Waals surface area (Å²) in [6, 6.07) is 12.1. The fourth-order valence-corrected chi connectivity index (χ4v) is 4.13. The minimum absolute atomic E-state index is 0.197. The summed E-state index contributed by atoms with van der Waals surface area (Å²) < 4.78 is 42.7. The second kappa shape index (κ2) is 8.43. The van der Waals surface area contributed by atoms with E-state index in [1.165, 1.54) is 12.1 Å². The molecule has 2 heterocycles. The van der Waals surface area contributed by atoms with Crippen LogP contribution in [-0.4, -0.2) is 44.3 Å². The first-order chi connectivity index (χ1) is 15.3. The third-order valence-corrected chi connectivity index (χ3v) is 5.91. The molecular formula is C24H25F3N4O. The second-order valence-corrected chi connectivity index (χ2v) is 7.75. The van der Waals surface area contributed by atoms with Gasteiger partial charge in [0, 0.05) is 18.7 Å². The van der Waals surface area contributed by atoms with Gasteiger partial charge in [-0.05, 0) is 44.3 Å². The van der Waals surface area contributed by atoms with E-state index in [0.29, 0.717) is 23.7 Å². The van der Waals surface area contributed by atoms with Crippen LogP contribution in [0.2, 0.25) is 0 Å². The molecule has 0 bridgehead atoms. The smallest absolute Gasteiger partial charge is 0.308 e. The monoisotopic (exact) mass is 442 g/mol. The van der Waals surface area contributed by atoms with Gasteiger partial charge in [-0.3, -0.25) is 9.20 Å². The first-order valence-electron chi connectivity index (χ1n) is 10.7. The Balaban J connectivity index is 1.82. The molecule has 32 heavy (non-hydrogen) atoms. The first-order valence-corrected chi connectivity index (χ1v) is 10.7. The molecule has 8 heteroatoms. The molecule has 0 unspecified atom stereocenters. The third kappa shape index (κ3) is 3.79. The van der Waals surface area contributed by atoms with Gasteiger partial charge in [0.25, 0.3) is 0 Å². The number of hydrogen-bond acceptors (Lipinski definition) is 3. The maximum atomic E-state index is 13.4. The largest absolute Gasteiger partial charge is 0.416 e. The lowest BCUT2D eigenvalue weighted by molar-refractivity contribution is -0.137. The highest BCUT2D eigenvalue weighted by molar-refractivity contribution is 6.10. The van der Waals surface area contributed by atoms with Crippen molar-refractivity contribution in [2.24, 2.45) is 0 Å². The zero-order valence-corrected chi connectivity index (χ0v) is 18.3. The average Bonchev–Trinajstić information content (AvgIpc) is 3.26. The van der Waals surface area contributed by atoms with Crippen LogP contribution in [0.25, 0.3) is 16.8 Å². The van der Waals surface area contributed by atoms with Crippen LogP contribution in [0.5, 0.6) is 0 Å². The van der Waals surface area contributed by atoms with E-state index in [4.69, 9.17) is 0 Å². The number of carbonyl (C=O) groups excluding carboxylic acids is 1. The van der Waals surface area contributed by atoms with E-state index in [-0.39, 0.29) is 11.3 Å². The average molecular weight is 442 g/mol. The van der Waals surface area contributed by atoms with Gasteiger partial charge in [-0.25, -0.2) is 4.98 Å². The maximum absolute atomic E-state index is 13.4. The molecule has 168 valence electrons. The summed E-state index contributed by atoms with van der Waals surface area (Å²) in [5.41, 5.74) is 2.14. The number of aryl methyl sites for hydroxylation is 1. The minimum atomic E-state index is -4.44. The number of rotatable bonds is 7. The van der Waals surface area contributed by atoms with Gasteiger partial charge in [0.1, 0.15) is 5.69 Å². The molecule has 0 radical (unpaired) electrons. The van der Waals surface area contributed by atoms with Gasteiger partial charge in [-0.2, -0.15) is 13.2 Å². The Hall–Kier alpha value is -3.13. The third-order valence-electron chi connectivity index (χ3n) is 5.91. The summed E-state index contributed by atoms with van der Waals surface area (Å²) in [5, 5.41) is 0. The van der Waals surface area contributed by atoms with E-state index in [2.05, 4.69) is 28.3 Å². The van der Waals surface area contributed by atoms with Gasteiger partial charge < -0.3 is 9.47 Å². The van der Waals surface area contributed by atoms with Crippen LogP contribution in [0.3, 0.4) is 0 Å². The Bertz CT molecular complexity index is 1260. The molecule has 2 aromatic carbocycles. The van der Waals surface area contributed by atoms with E-state index in [1.54, 1.807) is 6.92 Å². The number of benzene rings is 2. The number of alkyl halides is 3. The number of carbonyl (C=O) groups is 1. The van der Waals surface area contributed by atoms with Crippen molar-refractivity contribution in [1.82, 2.24) is 18.9 Å². The number of halogens is 3. The molecule has 4 aromatic rings. The lowest BCUT2D eigenvalue weighted by Gasteiger charge is -2.18. The van der Waals surface area contributed by atoms with Crippen molar-refractivity contribution in [3.63, 3.8) is 0 Å². The second-order valence-electron chi connectivity index (χ2n) is 7.75. The van der Waals surface area contributed by atoms with Crippen molar-refractivity contribution in [3.05, 3.63) is 71.0 Å². The quantitative estimate of drug-likeness (QED) is 0.370. The number of hydrogen-bond donors (Lipinski definition) is 0. The van der Waals surface area contributed by atoms with E-state index >= 15 is 0 Å². The van der Waals surface area contributed by atoms with E-state index in [0.717, 1.165) is 42.8 Å². The Morgan fingerprint density at radius 2 is 1.62 bits per heavy atom. The normalized spacial score (nSPS) is 12.3. The number of ketones is 1. The molecule has 0 aliphatic rings. The number of nitrogens with zero attached hydrogens (tertiary/aromatic N) is 4. The Morgan fingerprint density at radius 3 is 2.22 bits per heavy atom. The molecule has 0 aliphatic heterocycles.